The maximum absolute atomic E-state index is 8.74. The van der Waals surface area contributed by atoms with Gasteiger partial charge in [0, 0.05) is 12.0 Å². The monoisotopic (exact) mass is 155 g/mol. The Morgan fingerprint density at radius 2 is 2.45 bits per heavy atom. The SMILES string of the molecule is CC(c1ccco1)C(N)CO. The van der Waals surface area contributed by atoms with E-state index < -0.39 is 0 Å². The van der Waals surface area contributed by atoms with E-state index in [1.807, 2.05) is 19.1 Å². The Hall–Kier alpha value is -0.800. The van der Waals surface area contributed by atoms with Gasteiger partial charge in [-0.1, -0.05) is 6.92 Å². The fraction of sp³-hybridized carbons (Fsp3) is 0.500. The van der Waals surface area contributed by atoms with Crippen LogP contribution in [0.25, 0.3) is 0 Å². The lowest BCUT2D eigenvalue weighted by Gasteiger charge is -2.14. The molecule has 3 N–H and O–H groups in total. The number of rotatable bonds is 3. The molecule has 0 aliphatic heterocycles. The Balaban J connectivity index is 2.62. The highest BCUT2D eigenvalue weighted by Gasteiger charge is 2.15. The van der Waals surface area contributed by atoms with E-state index in [0.29, 0.717) is 0 Å². The molecule has 0 aliphatic carbocycles. The molecule has 0 fully saturated rings. The predicted molar refractivity (Wildman–Crippen MR) is 42.2 cm³/mol. The average Bonchev–Trinajstić information content (AvgIpc) is 2.53. The second-order valence-electron chi connectivity index (χ2n) is 2.65. The van der Waals surface area contributed by atoms with Gasteiger partial charge in [-0.25, -0.2) is 0 Å². The van der Waals surface area contributed by atoms with Crippen LogP contribution in [0.15, 0.2) is 22.8 Å². The van der Waals surface area contributed by atoms with Crippen molar-refractivity contribution < 1.29 is 9.52 Å². The Labute approximate surface area is 65.8 Å². The summed E-state index contributed by atoms with van der Waals surface area (Å²) >= 11 is 0. The van der Waals surface area contributed by atoms with Crippen LogP contribution in [0.5, 0.6) is 0 Å². The van der Waals surface area contributed by atoms with Gasteiger partial charge in [0.15, 0.2) is 0 Å². The van der Waals surface area contributed by atoms with Gasteiger partial charge < -0.3 is 15.3 Å². The second-order valence-corrected chi connectivity index (χ2v) is 2.65. The summed E-state index contributed by atoms with van der Waals surface area (Å²) in [6.45, 7) is 1.92. The number of hydrogen-bond acceptors (Lipinski definition) is 3. The van der Waals surface area contributed by atoms with Crippen LogP contribution >= 0.6 is 0 Å². The minimum atomic E-state index is -0.235. The largest absolute Gasteiger partial charge is 0.469 e. The number of aliphatic hydroxyl groups excluding tert-OH is 1. The molecule has 0 saturated carbocycles. The third kappa shape index (κ3) is 1.82. The third-order valence-corrected chi connectivity index (χ3v) is 1.85. The highest BCUT2D eigenvalue weighted by molar-refractivity contribution is 5.06. The van der Waals surface area contributed by atoms with Crippen molar-refractivity contribution in [2.45, 2.75) is 18.9 Å². The molecule has 2 unspecified atom stereocenters. The summed E-state index contributed by atoms with van der Waals surface area (Å²) in [6.07, 6.45) is 1.61. The molecule has 1 aromatic heterocycles. The summed E-state index contributed by atoms with van der Waals surface area (Å²) in [6, 6.07) is 3.44. The van der Waals surface area contributed by atoms with Crippen LogP contribution in [0.1, 0.15) is 18.6 Å². The summed E-state index contributed by atoms with van der Waals surface area (Å²) in [5.74, 6) is 0.904. The van der Waals surface area contributed by atoms with Gasteiger partial charge in [0.25, 0.3) is 0 Å². The first kappa shape index (κ1) is 8.30. The van der Waals surface area contributed by atoms with Crippen molar-refractivity contribution in [2.75, 3.05) is 6.61 Å². The molecule has 0 spiro atoms. The fourth-order valence-electron chi connectivity index (χ4n) is 0.919. The van der Waals surface area contributed by atoms with Crippen LogP contribution in [-0.2, 0) is 0 Å². The van der Waals surface area contributed by atoms with Crippen LogP contribution in [0.2, 0.25) is 0 Å². The highest BCUT2D eigenvalue weighted by atomic mass is 16.3. The standard InChI is InChI=1S/C8H13NO2/c1-6(7(9)5-10)8-3-2-4-11-8/h2-4,6-7,10H,5,9H2,1H3. The molecular formula is C8H13NO2. The lowest BCUT2D eigenvalue weighted by atomic mass is 10.0. The van der Waals surface area contributed by atoms with E-state index in [0.717, 1.165) is 5.76 Å². The molecule has 3 nitrogen and oxygen atoms in total. The van der Waals surface area contributed by atoms with Crippen molar-refractivity contribution in [1.29, 1.82) is 0 Å². The molecule has 0 aromatic carbocycles. The molecule has 0 radical (unpaired) electrons. The van der Waals surface area contributed by atoms with E-state index in [4.69, 9.17) is 15.3 Å². The van der Waals surface area contributed by atoms with E-state index >= 15 is 0 Å². The zero-order chi connectivity index (χ0) is 8.27. The van der Waals surface area contributed by atoms with Gasteiger partial charge in [0.1, 0.15) is 5.76 Å². The Morgan fingerprint density at radius 1 is 1.73 bits per heavy atom. The van der Waals surface area contributed by atoms with Crippen LogP contribution in [0, 0.1) is 0 Å². The molecule has 1 heterocycles. The van der Waals surface area contributed by atoms with Crippen LogP contribution in [0.4, 0.5) is 0 Å². The number of nitrogens with two attached hydrogens (primary N) is 1. The molecule has 1 aromatic rings. The average molecular weight is 155 g/mol. The van der Waals surface area contributed by atoms with E-state index in [2.05, 4.69) is 0 Å². The fourth-order valence-corrected chi connectivity index (χ4v) is 0.919. The number of furan rings is 1. The van der Waals surface area contributed by atoms with E-state index in [1.54, 1.807) is 6.26 Å². The number of aliphatic hydroxyl groups is 1. The zero-order valence-corrected chi connectivity index (χ0v) is 6.53. The van der Waals surface area contributed by atoms with E-state index in [-0.39, 0.29) is 18.6 Å². The first-order valence-corrected chi connectivity index (χ1v) is 3.65. The summed E-state index contributed by atoms with van der Waals surface area (Å²) in [7, 11) is 0. The summed E-state index contributed by atoms with van der Waals surface area (Å²) in [4.78, 5) is 0. The van der Waals surface area contributed by atoms with Gasteiger partial charge in [-0.15, -0.1) is 0 Å². The normalized spacial score (nSPS) is 16.3. The van der Waals surface area contributed by atoms with Gasteiger partial charge in [-0.05, 0) is 12.1 Å². The molecule has 0 bridgehead atoms. The van der Waals surface area contributed by atoms with Crippen molar-refractivity contribution in [3.63, 3.8) is 0 Å². The van der Waals surface area contributed by atoms with Crippen LogP contribution in [-0.4, -0.2) is 17.8 Å². The number of hydrogen-bond donors (Lipinski definition) is 2. The molecule has 2 atom stereocenters. The quantitative estimate of drug-likeness (QED) is 0.675. The molecule has 11 heavy (non-hydrogen) atoms. The Kier molecular flexibility index (Phi) is 2.68. The summed E-state index contributed by atoms with van der Waals surface area (Å²) < 4.78 is 5.13. The maximum atomic E-state index is 8.74. The molecule has 0 amide bonds. The minimum absolute atomic E-state index is 0.0120. The minimum Gasteiger partial charge on any atom is -0.469 e. The van der Waals surface area contributed by atoms with Gasteiger partial charge in [0.05, 0.1) is 12.9 Å². The van der Waals surface area contributed by atoms with Crippen molar-refractivity contribution >= 4 is 0 Å². The van der Waals surface area contributed by atoms with E-state index in [9.17, 15) is 0 Å². The smallest absolute Gasteiger partial charge is 0.108 e. The van der Waals surface area contributed by atoms with E-state index in [1.165, 1.54) is 0 Å². The maximum Gasteiger partial charge on any atom is 0.108 e. The molecule has 3 heteroatoms. The molecule has 62 valence electrons. The second kappa shape index (κ2) is 3.55. The van der Waals surface area contributed by atoms with Gasteiger partial charge >= 0.3 is 0 Å². The predicted octanol–water partition coefficient (Wildman–Crippen LogP) is 0.703. The van der Waals surface area contributed by atoms with Crippen molar-refractivity contribution in [2.24, 2.45) is 5.73 Å². The lowest BCUT2D eigenvalue weighted by molar-refractivity contribution is 0.244. The first-order valence-electron chi connectivity index (χ1n) is 3.65. The van der Waals surface area contributed by atoms with Gasteiger partial charge in [0.2, 0.25) is 0 Å². The van der Waals surface area contributed by atoms with Crippen molar-refractivity contribution in [1.82, 2.24) is 0 Å². The summed E-state index contributed by atoms with van der Waals surface area (Å²) in [5, 5.41) is 8.74. The highest BCUT2D eigenvalue weighted by Crippen LogP contribution is 2.17. The van der Waals surface area contributed by atoms with Crippen molar-refractivity contribution in [3.8, 4) is 0 Å². The van der Waals surface area contributed by atoms with Crippen LogP contribution in [0.3, 0.4) is 0 Å². The lowest BCUT2D eigenvalue weighted by Crippen LogP contribution is -2.30. The van der Waals surface area contributed by atoms with Gasteiger partial charge in [-0.3, -0.25) is 0 Å². The van der Waals surface area contributed by atoms with Gasteiger partial charge in [-0.2, -0.15) is 0 Å². The molecule has 1 rings (SSSR count). The Morgan fingerprint density at radius 3 is 2.91 bits per heavy atom. The Bertz CT molecular complexity index is 196. The molecular weight excluding hydrogens is 142 g/mol. The summed E-state index contributed by atoms with van der Waals surface area (Å²) in [5.41, 5.74) is 5.60. The first-order chi connectivity index (χ1) is 5.25. The topological polar surface area (TPSA) is 59.4 Å². The molecule has 0 aliphatic rings. The van der Waals surface area contributed by atoms with Crippen molar-refractivity contribution in [3.05, 3.63) is 24.2 Å². The van der Waals surface area contributed by atoms with Crippen LogP contribution < -0.4 is 5.73 Å². The third-order valence-electron chi connectivity index (χ3n) is 1.85. The zero-order valence-electron chi connectivity index (χ0n) is 6.53. The molecule has 0 saturated heterocycles.